The van der Waals surface area contributed by atoms with E-state index in [1.165, 1.54) is 0 Å². The fourth-order valence-electron chi connectivity index (χ4n) is 5.04. The number of carbonyl (C=O) groups is 1. The SMILES string of the molecule is COc1cccc(C2CCCc3c(C(=O)N[C@H](CO)c4ccccc4)nn(-c4ccc(Cl)cc4Cl)c32)c1. The topological polar surface area (TPSA) is 76.4 Å². The second kappa shape index (κ2) is 11.0. The summed E-state index contributed by atoms with van der Waals surface area (Å²) >= 11 is 12.8. The molecule has 1 aliphatic carbocycles. The molecule has 1 aromatic heterocycles. The van der Waals surface area contributed by atoms with E-state index in [-0.39, 0.29) is 18.4 Å². The minimum Gasteiger partial charge on any atom is -0.497 e. The zero-order chi connectivity index (χ0) is 25.9. The molecule has 190 valence electrons. The molecular weight excluding hydrogens is 509 g/mol. The van der Waals surface area contributed by atoms with E-state index in [1.807, 2.05) is 54.6 Å². The zero-order valence-corrected chi connectivity index (χ0v) is 21.8. The standard InChI is InChI=1S/C29H27Cl2N3O3/c1-37-21-10-5-9-19(15-21)22-11-6-12-23-27(29(36)32-25(17-35)18-7-3-2-4-8-18)33-34(28(22)23)26-14-13-20(30)16-24(26)31/h2-5,7-10,13-16,22,25,35H,6,11-12,17H2,1H3,(H,32,36)/t22?,25-/m1/s1. The van der Waals surface area contributed by atoms with Crippen LogP contribution in [0.15, 0.2) is 72.8 Å². The lowest BCUT2D eigenvalue weighted by Gasteiger charge is -2.26. The summed E-state index contributed by atoms with van der Waals surface area (Å²) in [5.41, 5.74) is 4.69. The highest BCUT2D eigenvalue weighted by molar-refractivity contribution is 6.35. The van der Waals surface area contributed by atoms with Crippen LogP contribution in [0, 0.1) is 0 Å². The molecular formula is C29H27Cl2N3O3. The molecule has 3 aromatic carbocycles. The lowest BCUT2D eigenvalue weighted by atomic mass is 9.82. The number of aliphatic hydroxyl groups is 1. The van der Waals surface area contributed by atoms with Gasteiger partial charge in [-0.05, 0) is 60.7 Å². The van der Waals surface area contributed by atoms with E-state index in [0.29, 0.717) is 27.8 Å². The van der Waals surface area contributed by atoms with Gasteiger partial charge in [0.05, 0.1) is 36.2 Å². The van der Waals surface area contributed by atoms with Crippen LogP contribution in [-0.4, -0.2) is 34.5 Å². The first kappa shape index (κ1) is 25.3. The molecule has 1 unspecified atom stereocenters. The molecule has 0 saturated heterocycles. The number of rotatable bonds is 7. The van der Waals surface area contributed by atoms with Gasteiger partial charge in [0.15, 0.2) is 5.69 Å². The van der Waals surface area contributed by atoms with E-state index in [0.717, 1.165) is 41.0 Å². The molecule has 37 heavy (non-hydrogen) atoms. The number of aromatic nitrogens is 2. The van der Waals surface area contributed by atoms with Gasteiger partial charge in [-0.3, -0.25) is 4.79 Å². The van der Waals surface area contributed by atoms with E-state index in [2.05, 4.69) is 11.4 Å². The number of ether oxygens (including phenoxy) is 1. The molecule has 1 heterocycles. The van der Waals surface area contributed by atoms with Gasteiger partial charge in [0.1, 0.15) is 5.75 Å². The van der Waals surface area contributed by atoms with Gasteiger partial charge in [-0.2, -0.15) is 5.10 Å². The maximum absolute atomic E-state index is 13.6. The Balaban J connectivity index is 1.62. The predicted molar refractivity (Wildman–Crippen MR) is 145 cm³/mol. The number of nitrogens with zero attached hydrogens (tertiary/aromatic N) is 2. The van der Waals surface area contributed by atoms with Crippen molar-refractivity contribution in [1.29, 1.82) is 0 Å². The van der Waals surface area contributed by atoms with Gasteiger partial charge < -0.3 is 15.2 Å². The van der Waals surface area contributed by atoms with Crippen LogP contribution in [0.2, 0.25) is 10.0 Å². The molecule has 1 aliphatic rings. The van der Waals surface area contributed by atoms with Crippen LogP contribution in [0.5, 0.6) is 5.75 Å². The molecule has 0 saturated carbocycles. The van der Waals surface area contributed by atoms with Crippen molar-refractivity contribution in [3.63, 3.8) is 0 Å². The highest BCUT2D eigenvalue weighted by atomic mass is 35.5. The van der Waals surface area contributed by atoms with Crippen molar-refractivity contribution in [3.8, 4) is 11.4 Å². The Hall–Kier alpha value is -3.32. The van der Waals surface area contributed by atoms with E-state index in [9.17, 15) is 9.90 Å². The summed E-state index contributed by atoms with van der Waals surface area (Å²) in [6.45, 7) is -0.228. The maximum Gasteiger partial charge on any atom is 0.272 e. The van der Waals surface area contributed by atoms with Crippen molar-refractivity contribution >= 4 is 29.1 Å². The summed E-state index contributed by atoms with van der Waals surface area (Å²) in [4.78, 5) is 13.6. The summed E-state index contributed by atoms with van der Waals surface area (Å²) in [6, 6.07) is 22.1. The summed E-state index contributed by atoms with van der Waals surface area (Å²) in [5.74, 6) is 0.420. The number of halogens is 2. The number of amides is 1. The smallest absolute Gasteiger partial charge is 0.272 e. The second-order valence-corrected chi connectivity index (χ2v) is 9.90. The summed E-state index contributed by atoms with van der Waals surface area (Å²) in [6.07, 6.45) is 2.50. The zero-order valence-electron chi connectivity index (χ0n) is 20.3. The van der Waals surface area contributed by atoms with Crippen LogP contribution < -0.4 is 10.1 Å². The average Bonchev–Trinajstić information content (AvgIpc) is 3.32. The Morgan fingerprint density at radius 2 is 1.95 bits per heavy atom. The fourth-order valence-corrected chi connectivity index (χ4v) is 5.52. The van der Waals surface area contributed by atoms with Crippen LogP contribution >= 0.6 is 23.2 Å². The first-order chi connectivity index (χ1) is 18.0. The van der Waals surface area contributed by atoms with Gasteiger partial charge in [-0.15, -0.1) is 0 Å². The first-order valence-electron chi connectivity index (χ1n) is 12.2. The van der Waals surface area contributed by atoms with E-state index in [4.69, 9.17) is 33.0 Å². The number of fused-ring (bicyclic) bond motifs is 1. The van der Waals surface area contributed by atoms with Crippen molar-refractivity contribution in [2.24, 2.45) is 0 Å². The van der Waals surface area contributed by atoms with Gasteiger partial charge in [0, 0.05) is 16.5 Å². The highest BCUT2D eigenvalue weighted by Crippen LogP contribution is 2.41. The molecule has 5 rings (SSSR count). The number of benzene rings is 3. The van der Waals surface area contributed by atoms with Crippen LogP contribution in [0.25, 0.3) is 5.69 Å². The monoisotopic (exact) mass is 535 g/mol. The van der Waals surface area contributed by atoms with Crippen LogP contribution in [0.1, 0.15) is 57.7 Å². The quantitative estimate of drug-likeness (QED) is 0.299. The molecule has 6 nitrogen and oxygen atoms in total. The summed E-state index contributed by atoms with van der Waals surface area (Å²) in [5, 5.41) is 18.8. The molecule has 1 amide bonds. The average molecular weight is 536 g/mol. The number of hydrogen-bond donors (Lipinski definition) is 2. The third-order valence-corrected chi connectivity index (χ3v) is 7.35. The normalized spacial score (nSPS) is 15.6. The maximum atomic E-state index is 13.6. The number of carbonyl (C=O) groups excluding carboxylic acids is 1. The number of hydrogen-bond acceptors (Lipinski definition) is 4. The van der Waals surface area contributed by atoms with Gasteiger partial charge in [0.2, 0.25) is 0 Å². The molecule has 2 N–H and O–H groups in total. The molecule has 0 spiro atoms. The minimum absolute atomic E-state index is 0.0117. The molecule has 0 aliphatic heterocycles. The molecule has 8 heteroatoms. The third-order valence-electron chi connectivity index (χ3n) is 6.81. The van der Waals surface area contributed by atoms with Crippen molar-refractivity contribution in [3.05, 3.63) is 111 Å². The van der Waals surface area contributed by atoms with Gasteiger partial charge >= 0.3 is 0 Å². The largest absolute Gasteiger partial charge is 0.497 e. The fraction of sp³-hybridized carbons (Fsp3) is 0.241. The second-order valence-electron chi connectivity index (χ2n) is 9.06. The van der Waals surface area contributed by atoms with Crippen LogP contribution in [0.4, 0.5) is 0 Å². The van der Waals surface area contributed by atoms with E-state index < -0.39 is 6.04 Å². The number of methoxy groups -OCH3 is 1. The first-order valence-corrected chi connectivity index (χ1v) is 12.9. The van der Waals surface area contributed by atoms with Gasteiger partial charge in [0.25, 0.3) is 5.91 Å². The van der Waals surface area contributed by atoms with Crippen molar-refractivity contribution in [2.45, 2.75) is 31.2 Å². The summed E-state index contributed by atoms with van der Waals surface area (Å²) in [7, 11) is 1.65. The Morgan fingerprint density at radius 1 is 1.14 bits per heavy atom. The van der Waals surface area contributed by atoms with Crippen molar-refractivity contribution in [1.82, 2.24) is 15.1 Å². The Morgan fingerprint density at radius 3 is 2.68 bits per heavy atom. The van der Waals surface area contributed by atoms with E-state index >= 15 is 0 Å². The van der Waals surface area contributed by atoms with Crippen LogP contribution in [0.3, 0.4) is 0 Å². The number of nitrogens with one attached hydrogen (secondary N) is 1. The molecule has 2 atom stereocenters. The third kappa shape index (κ3) is 5.10. The summed E-state index contributed by atoms with van der Waals surface area (Å²) < 4.78 is 7.26. The Labute approximate surface area is 225 Å². The minimum atomic E-state index is -0.550. The van der Waals surface area contributed by atoms with Gasteiger partial charge in [-0.25, -0.2) is 4.68 Å². The van der Waals surface area contributed by atoms with Gasteiger partial charge in [-0.1, -0.05) is 65.7 Å². The molecule has 0 radical (unpaired) electrons. The van der Waals surface area contributed by atoms with Crippen molar-refractivity contribution in [2.75, 3.05) is 13.7 Å². The number of aliphatic hydroxyl groups excluding tert-OH is 1. The lowest BCUT2D eigenvalue weighted by molar-refractivity contribution is 0.0909. The molecule has 0 bridgehead atoms. The van der Waals surface area contributed by atoms with Crippen molar-refractivity contribution < 1.29 is 14.6 Å². The lowest BCUT2D eigenvalue weighted by Crippen LogP contribution is -2.32. The molecule has 4 aromatic rings. The van der Waals surface area contributed by atoms with E-state index in [1.54, 1.807) is 23.9 Å². The Kier molecular flexibility index (Phi) is 7.51. The highest BCUT2D eigenvalue weighted by Gasteiger charge is 2.33. The predicted octanol–water partition coefficient (Wildman–Crippen LogP) is 6.12. The van der Waals surface area contributed by atoms with Crippen LogP contribution in [-0.2, 0) is 6.42 Å². The Bertz CT molecular complexity index is 1420. The molecule has 0 fully saturated rings.